The van der Waals surface area contributed by atoms with Crippen LogP contribution in [0.5, 0.6) is 5.75 Å². The number of para-hydroxylation sites is 1. The van der Waals surface area contributed by atoms with E-state index in [1.165, 1.54) is 12.5 Å². The number of piperidine rings is 1. The Balaban J connectivity index is 1.60. The highest BCUT2D eigenvalue weighted by Gasteiger charge is 2.43. The fraction of sp³-hybridized carbons (Fsp3) is 0.524. The smallest absolute Gasteiger partial charge is 0.271 e. The van der Waals surface area contributed by atoms with E-state index in [0.717, 1.165) is 0 Å². The van der Waals surface area contributed by atoms with Crippen molar-refractivity contribution in [1.29, 1.82) is 0 Å². The van der Waals surface area contributed by atoms with Crippen LogP contribution in [0.15, 0.2) is 41.7 Å². The monoisotopic (exact) mass is 432 g/mol. The number of sulfonamides is 1. The molecule has 0 aliphatic carbocycles. The van der Waals surface area contributed by atoms with E-state index in [1.807, 2.05) is 13.8 Å². The summed E-state index contributed by atoms with van der Waals surface area (Å²) in [6.07, 6.45) is 4.38. The molecule has 1 spiro atoms. The van der Waals surface area contributed by atoms with Gasteiger partial charge in [-0.1, -0.05) is 26.0 Å². The van der Waals surface area contributed by atoms with E-state index in [2.05, 4.69) is 9.97 Å². The van der Waals surface area contributed by atoms with Gasteiger partial charge in [0, 0.05) is 31.6 Å². The molecule has 1 aromatic heterocycles. The van der Waals surface area contributed by atoms with Gasteiger partial charge in [-0.25, -0.2) is 13.4 Å². The number of hydrogen-bond donors (Lipinski definition) is 1. The lowest BCUT2D eigenvalue weighted by Crippen LogP contribution is -2.53. The molecule has 0 unspecified atom stereocenters. The van der Waals surface area contributed by atoms with Gasteiger partial charge in [-0.05, 0) is 30.9 Å². The van der Waals surface area contributed by atoms with E-state index in [4.69, 9.17) is 4.74 Å². The first kappa shape index (κ1) is 20.9. The van der Waals surface area contributed by atoms with Crippen molar-refractivity contribution in [2.45, 2.75) is 31.6 Å². The third-order valence-corrected chi connectivity index (χ3v) is 7.77. The van der Waals surface area contributed by atoms with E-state index in [9.17, 15) is 13.2 Å². The van der Waals surface area contributed by atoms with Crippen LogP contribution in [-0.4, -0.2) is 66.3 Å². The quantitative estimate of drug-likeness (QED) is 0.803. The van der Waals surface area contributed by atoms with Crippen LogP contribution in [0.3, 0.4) is 0 Å². The Hall–Kier alpha value is -2.39. The summed E-state index contributed by atoms with van der Waals surface area (Å²) in [6, 6.07) is 6.85. The summed E-state index contributed by atoms with van der Waals surface area (Å²) in [4.78, 5) is 21.5. The number of aromatic amines is 1. The van der Waals surface area contributed by atoms with Crippen molar-refractivity contribution < 1.29 is 17.9 Å². The number of hydrogen-bond acceptors (Lipinski definition) is 5. The molecule has 30 heavy (non-hydrogen) atoms. The number of aromatic nitrogens is 2. The van der Waals surface area contributed by atoms with Gasteiger partial charge in [0.05, 0.1) is 19.1 Å². The minimum atomic E-state index is -3.66. The maximum Gasteiger partial charge on any atom is 0.271 e. The van der Waals surface area contributed by atoms with Gasteiger partial charge >= 0.3 is 0 Å². The number of carbonyl (C=O) groups excluding carboxylic acids is 1. The molecule has 1 fully saturated rings. The van der Waals surface area contributed by atoms with Gasteiger partial charge in [-0.3, -0.25) is 4.79 Å². The second-order valence-corrected chi connectivity index (χ2v) is 10.6. The lowest BCUT2D eigenvalue weighted by molar-refractivity contribution is 0.0288. The van der Waals surface area contributed by atoms with Gasteiger partial charge in [-0.15, -0.1) is 0 Å². The van der Waals surface area contributed by atoms with Crippen LogP contribution in [0, 0.1) is 11.3 Å². The Kier molecular flexibility index (Phi) is 5.59. The van der Waals surface area contributed by atoms with Crippen molar-refractivity contribution in [1.82, 2.24) is 19.2 Å². The predicted molar refractivity (Wildman–Crippen MR) is 112 cm³/mol. The molecule has 0 radical (unpaired) electrons. The van der Waals surface area contributed by atoms with E-state index in [0.29, 0.717) is 57.1 Å². The molecule has 0 saturated carbocycles. The van der Waals surface area contributed by atoms with E-state index in [-0.39, 0.29) is 22.1 Å². The molecule has 1 aromatic carbocycles. The first-order valence-corrected chi connectivity index (χ1v) is 11.7. The topological polar surface area (TPSA) is 95.6 Å². The zero-order chi connectivity index (χ0) is 21.4. The van der Waals surface area contributed by atoms with Gasteiger partial charge in [0.25, 0.3) is 5.91 Å². The van der Waals surface area contributed by atoms with Crippen LogP contribution in [0.4, 0.5) is 0 Å². The summed E-state index contributed by atoms with van der Waals surface area (Å²) in [7, 11) is -3.66. The number of imidazole rings is 1. The number of nitrogens with zero attached hydrogens (tertiary/aromatic N) is 3. The summed E-state index contributed by atoms with van der Waals surface area (Å²) in [5, 5.41) is 0. The average Bonchev–Trinajstić information content (AvgIpc) is 3.26. The molecule has 2 aliphatic rings. The molecule has 0 atom stereocenters. The van der Waals surface area contributed by atoms with Crippen molar-refractivity contribution in [3.05, 3.63) is 42.5 Å². The van der Waals surface area contributed by atoms with Crippen LogP contribution >= 0.6 is 0 Å². The number of likely N-dealkylation sites (tertiary alicyclic amines) is 1. The largest absolute Gasteiger partial charge is 0.492 e. The fourth-order valence-electron chi connectivity index (χ4n) is 4.26. The first-order chi connectivity index (χ1) is 14.3. The molecule has 2 aliphatic heterocycles. The summed E-state index contributed by atoms with van der Waals surface area (Å²) in [5.74, 6) is 0.527. The Bertz CT molecular complexity index is 996. The number of ether oxygens (including phenoxy) is 1. The van der Waals surface area contributed by atoms with Crippen molar-refractivity contribution in [2.24, 2.45) is 11.3 Å². The van der Waals surface area contributed by atoms with Gasteiger partial charge in [0.2, 0.25) is 10.0 Å². The minimum Gasteiger partial charge on any atom is -0.492 e. The molecule has 4 rings (SSSR count). The minimum absolute atomic E-state index is 0.0777. The van der Waals surface area contributed by atoms with Crippen LogP contribution in [-0.2, 0) is 10.0 Å². The molecule has 8 nitrogen and oxygen atoms in total. The van der Waals surface area contributed by atoms with Gasteiger partial charge in [0.1, 0.15) is 16.3 Å². The van der Waals surface area contributed by atoms with E-state index in [1.54, 1.807) is 33.5 Å². The average molecular weight is 433 g/mol. The van der Waals surface area contributed by atoms with Crippen LogP contribution in [0.25, 0.3) is 0 Å². The van der Waals surface area contributed by atoms with Crippen molar-refractivity contribution in [2.75, 3.05) is 32.8 Å². The normalized spacial score (nSPS) is 21.0. The van der Waals surface area contributed by atoms with Crippen molar-refractivity contribution in [3.63, 3.8) is 0 Å². The number of carbonyl (C=O) groups is 1. The van der Waals surface area contributed by atoms with Crippen LogP contribution < -0.4 is 4.74 Å². The highest BCUT2D eigenvalue weighted by molar-refractivity contribution is 7.89. The van der Waals surface area contributed by atoms with E-state index < -0.39 is 10.0 Å². The molecule has 9 heteroatoms. The first-order valence-electron chi connectivity index (χ1n) is 10.3. The summed E-state index contributed by atoms with van der Waals surface area (Å²) in [6.45, 7) is 6.43. The number of nitrogens with one attached hydrogen (secondary N) is 1. The van der Waals surface area contributed by atoms with Crippen LogP contribution in [0.2, 0.25) is 0 Å². The molecular weight excluding hydrogens is 404 g/mol. The zero-order valence-electron chi connectivity index (χ0n) is 17.4. The predicted octanol–water partition coefficient (Wildman–Crippen LogP) is 2.37. The van der Waals surface area contributed by atoms with Gasteiger partial charge in [-0.2, -0.15) is 4.31 Å². The number of amides is 1. The fourth-order valence-corrected chi connectivity index (χ4v) is 6.11. The Labute approximate surface area is 177 Å². The lowest BCUT2D eigenvalue weighted by Gasteiger charge is -2.45. The third-order valence-electron chi connectivity index (χ3n) is 5.92. The molecule has 1 amide bonds. The SMILES string of the molecule is CC(C)CN1CC2(CCN(C(=O)c3cnc[nH]3)CC2)COc2ccccc2S1(=O)=O. The van der Waals surface area contributed by atoms with Crippen molar-refractivity contribution in [3.8, 4) is 5.75 Å². The highest BCUT2D eigenvalue weighted by Crippen LogP contribution is 2.39. The van der Waals surface area contributed by atoms with E-state index >= 15 is 0 Å². The maximum absolute atomic E-state index is 13.4. The Morgan fingerprint density at radius 3 is 2.67 bits per heavy atom. The molecule has 2 aromatic rings. The number of benzene rings is 1. The number of fused-ring (bicyclic) bond motifs is 1. The highest BCUT2D eigenvalue weighted by atomic mass is 32.2. The standard InChI is InChI=1S/C21H28N4O4S/c1-16(2)12-25-13-21(14-29-18-5-3-4-6-19(18)30(25,27)28)7-9-24(10-8-21)20(26)17-11-22-15-23-17/h3-6,11,15-16H,7-10,12-14H2,1-2H3,(H,22,23). The number of H-pyrrole nitrogens is 1. The van der Waals surface area contributed by atoms with Crippen molar-refractivity contribution >= 4 is 15.9 Å². The second kappa shape index (κ2) is 8.03. The molecule has 1 N–H and O–H groups in total. The van der Waals surface area contributed by atoms with Crippen LogP contribution in [0.1, 0.15) is 37.2 Å². The molecular formula is C21H28N4O4S. The summed E-state index contributed by atoms with van der Waals surface area (Å²) >= 11 is 0. The Morgan fingerprint density at radius 1 is 1.27 bits per heavy atom. The number of rotatable bonds is 3. The second-order valence-electron chi connectivity index (χ2n) is 8.68. The molecule has 162 valence electrons. The summed E-state index contributed by atoms with van der Waals surface area (Å²) < 4.78 is 34.5. The maximum atomic E-state index is 13.4. The lowest BCUT2D eigenvalue weighted by atomic mass is 9.78. The van der Waals surface area contributed by atoms with Gasteiger partial charge in [0.15, 0.2) is 0 Å². The van der Waals surface area contributed by atoms with Gasteiger partial charge < -0.3 is 14.6 Å². The third kappa shape index (κ3) is 3.96. The molecule has 3 heterocycles. The summed E-state index contributed by atoms with van der Waals surface area (Å²) in [5.41, 5.74) is 0.137. The molecule has 0 bridgehead atoms. The Morgan fingerprint density at radius 2 is 2.00 bits per heavy atom. The molecule has 1 saturated heterocycles. The zero-order valence-corrected chi connectivity index (χ0v) is 18.2.